The average molecular weight is 345 g/mol. The molecule has 0 aromatic heterocycles. The topological polar surface area (TPSA) is 73.9 Å². The van der Waals surface area contributed by atoms with E-state index < -0.39 is 23.3 Å². The van der Waals surface area contributed by atoms with Crippen molar-refractivity contribution >= 4 is 12.4 Å². The summed E-state index contributed by atoms with van der Waals surface area (Å²) < 4.78 is 42.2. The first-order valence-electron chi connectivity index (χ1n) is 7.35. The normalized spacial score (nSPS) is 11.0. The Balaban J connectivity index is 2.20. The predicted octanol–water partition coefficient (Wildman–Crippen LogP) is 2.70. The molecule has 0 aliphatic rings. The van der Waals surface area contributed by atoms with Gasteiger partial charge in [0.1, 0.15) is 12.2 Å². The Bertz CT molecular complexity index is 572. The monoisotopic (exact) mass is 345 g/mol. The van der Waals surface area contributed by atoms with Gasteiger partial charge in [0.05, 0.1) is 18.8 Å². The van der Waals surface area contributed by atoms with Gasteiger partial charge >= 0.3 is 6.09 Å². The highest BCUT2D eigenvalue weighted by molar-refractivity contribution is 5.75. The Morgan fingerprint density at radius 1 is 1.17 bits per heavy atom. The maximum absolute atomic E-state index is 13.5. The summed E-state index contributed by atoms with van der Waals surface area (Å²) in [6.07, 6.45) is -0.321. The van der Waals surface area contributed by atoms with Crippen LogP contribution in [0, 0.1) is 11.6 Å². The number of halogens is 2. The fraction of sp³-hybridized carbons (Fsp3) is 0.500. The lowest BCUT2D eigenvalue weighted by molar-refractivity contribution is 0.0488. The highest BCUT2D eigenvalue weighted by atomic mass is 19.2. The molecule has 0 unspecified atom stereocenters. The van der Waals surface area contributed by atoms with Gasteiger partial charge in [0.25, 0.3) is 0 Å². The van der Waals surface area contributed by atoms with Crippen molar-refractivity contribution in [2.75, 3.05) is 26.4 Å². The average Bonchev–Trinajstić information content (AvgIpc) is 2.48. The molecule has 0 heterocycles. The van der Waals surface area contributed by atoms with Crippen molar-refractivity contribution in [3.8, 4) is 5.75 Å². The third kappa shape index (κ3) is 6.91. The zero-order valence-corrected chi connectivity index (χ0v) is 13.9. The Labute approximate surface area is 139 Å². The summed E-state index contributed by atoms with van der Waals surface area (Å²) in [6, 6.07) is 2.30. The molecule has 0 saturated heterocycles. The van der Waals surface area contributed by atoms with Crippen LogP contribution >= 0.6 is 0 Å². The van der Waals surface area contributed by atoms with Gasteiger partial charge in [0.15, 0.2) is 17.9 Å². The summed E-state index contributed by atoms with van der Waals surface area (Å²) in [4.78, 5) is 21.8. The molecule has 0 bridgehead atoms. The molecule has 0 aliphatic heterocycles. The van der Waals surface area contributed by atoms with Crippen molar-refractivity contribution in [2.45, 2.75) is 26.4 Å². The molecular weight excluding hydrogens is 324 g/mol. The number of hydrogen-bond acceptors (Lipinski definition) is 5. The van der Waals surface area contributed by atoms with Gasteiger partial charge in [0.2, 0.25) is 5.82 Å². The number of amides is 1. The van der Waals surface area contributed by atoms with E-state index in [9.17, 15) is 18.4 Å². The van der Waals surface area contributed by atoms with Crippen LogP contribution < -0.4 is 10.1 Å². The number of ether oxygens (including phenoxy) is 3. The zero-order chi connectivity index (χ0) is 18.2. The molecular formula is C16H21F2NO5. The Morgan fingerprint density at radius 3 is 2.50 bits per heavy atom. The van der Waals surface area contributed by atoms with E-state index >= 15 is 0 Å². The van der Waals surface area contributed by atoms with Gasteiger partial charge in [0, 0.05) is 6.54 Å². The number of aldehydes is 1. The third-order valence-electron chi connectivity index (χ3n) is 2.60. The fourth-order valence-corrected chi connectivity index (χ4v) is 1.60. The molecule has 8 heteroatoms. The molecule has 6 nitrogen and oxygen atoms in total. The Kier molecular flexibility index (Phi) is 7.57. The molecule has 0 aliphatic carbocycles. The zero-order valence-electron chi connectivity index (χ0n) is 13.9. The van der Waals surface area contributed by atoms with Gasteiger partial charge in [-0.1, -0.05) is 0 Å². The van der Waals surface area contributed by atoms with E-state index in [2.05, 4.69) is 5.32 Å². The fourth-order valence-electron chi connectivity index (χ4n) is 1.60. The lowest BCUT2D eigenvalue weighted by Gasteiger charge is -2.19. The van der Waals surface area contributed by atoms with Crippen LogP contribution in [0.25, 0.3) is 0 Å². The first-order valence-corrected chi connectivity index (χ1v) is 7.35. The number of benzene rings is 1. The summed E-state index contributed by atoms with van der Waals surface area (Å²) in [5.41, 5.74) is -0.943. The first kappa shape index (κ1) is 19.8. The SMILES string of the molecule is CC(C)(C)OC(=O)NCCOCCOc1ccc(C=O)c(F)c1F. The molecule has 1 aromatic carbocycles. The number of nitrogens with one attached hydrogen (secondary N) is 1. The van der Waals surface area contributed by atoms with Crippen LogP contribution in [0.4, 0.5) is 13.6 Å². The molecule has 1 aromatic rings. The van der Waals surface area contributed by atoms with Crippen LogP contribution in [0.5, 0.6) is 5.75 Å². The van der Waals surface area contributed by atoms with E-state index in [4.69, 9.17) is 14.2 Å². The molecule has 0 atom stereocenters. The van der Waals surface area contributed by atoms with E-state index in [0.717, 1.165) is 6.07 Å². The predicted molar refractivity (Wildman–Crippen MR) is 82.3 cm³/mol. The van der Waals surface area contributed by atoms with Gasteiger partial charge < -0.3 is 19.5 Å². The molecule has 0 radical (unpaired) electrons. The minimum Gasteiger partial charge on any atom is -0.488 e. The molecule has 0 saturated carbocycles. The molecule has 134 valence electrons. The van der Waals surface area contributed by atoms with Crippen LogP contribution in [0.15, 0.2) is 12.1 Å². The molecule has 1 rings (SSSR count). The quantitative estimate of drug-likeness (QED) is 0.579. The third-order valence-corrected chi connectivity index (χ3v) is 2.60. The largest absolute Gasteiger partial charge is 0.488 e. The Morgan fingerprint density at radius 2 is 1.88 bits per heavy atom. The van der Waals surface area contributed by atoms with Crippen molar-refractivity contribution in [3.05, 3.63) is 29.3 Å². The van der Waals surface area contributed by atoms with Crippen molar-refractivity contribution in [1.82, 2.24) is 5.32 Å². The lowest BCUT2D eigenvalue weighted by Crippen LogP contribution is -2.34. The highest BCUT2D eigenvalue weighted by Crippen LogP contribution is 2.21. The summed E-state index contributed by atoms with van der Waals surface area (Å²) in [5.74, 6) is -2.76. The van der Waals surface area contributed by atoms with E-state index in [1.165, 1.54) is 6.07 Å². The number of rotatable bonds is 8. The number of carbonyl (C=O) groups excluding carboxylic acids is 2. The van der Waals surface area contributed by atoms with Crippen LogP contribution in [-0.2, 0) is 9.47 Å². The van der Waals surface area contributed by atoms with Crippen molar-refractivity contribution < 1.29 is 32.6 Å². The van der Waals surface area contributed by atoms with Crippen LogP contribution in [0.1, 0.15) is 31.1 Å². The van der Waals surface area contributed by atoms with Crippen molar-refractivity contribution in [1.29, 1.82) is 0 Å². The second kappa shape index (κ2) is 9.17. The van der Waals surface area contributed by atoms with E-state index in [1.807, 2.05) is 0 Å². The van der Waals surface area contributed by atoms with Gasteiger partial charge in [-0.15, -0.1) is 0 Å². The van der Waals surface area contributed by atoms with Crippen LogP contribution in [-0.4, -0.2) is 44.3 Å². The molecule has 0 fully saturated rings. The second-order valence-corrected chi connectivity index (χ2v) is 5.79. The van der Waals surface area contributed by atoms with Crippen LogP contribution in [0.2, 0.25) is 0 Å². The molecule has 1 N–H and O–H groups in total. The summed E-state index contributed by atoms with van der Waals surface area (Å²) >= 11 is 0. The van der Waals surface area contributed by atoms with Gasteiger partial charge in [-0.05, 0) is 32.9 Å². The van der Waals surface area contributed by atoms with Crippen LogP contribution in [0.3, 0.4) is 0 Å². The number of carbonyl (C=O) groups is 2. The number of hydrogen-bond donors (Lipinski definition) is 1. The molecule has 24 heavy (non-hydrogen) atoms. The maximum atomic E-state index is 13.5. The van der Waals surface area contributed by atoms with E-state index in [0.29, 0.717) is 0 Å². The van der Waals surface area contributed by atoms with Gasteiger partial charge in [-0.2, -0.15) is 4.39 Å². The number of alkyl carbamates (subject to hydrolysis) is 1. The van der Waals surface area contributed by atoms with Gasteiger partial charge in [-0.25, -0.2) is 9.18 Å². The van der Waals surface area contributed by atoms with Crippen molar-refractivity contribution in [2.24, 2.45) is 0 Å². The Hall–Kier alpha value is -2.22. The summed E-state index contributed by atoms with van der Waals surface area (Å²) in [5, 5.41) is 2.51. The van der Waals surface area contributed by atoms with E-state index in [-0.39, 0.29) is 44.0 Å². The maximum Gasteiger partial charge on any atom is 0.407 e. The second-order valence-electron chi connectivity index (χ2n) is 5.79. The smallest absolute Gasteiger partial charge is 0.407 e. The highest BCUT2D eigenvalue weighted by Gasteiger charge is 2.15. The molecule has 1 amide bonds. The standard InChI is InChI=1S/C16H21F2NO5/c1-16(2,3)24-15(21)19-6-7-22-8-9-23-12-5-4-11(10-20)13(17)14(12)18/h4-5,10H,6-9H2,1-3H3,(H,19,21). The summed E-state index contributed by atoms with van der Waals surface area (Å²) in [7, 11) is 0. The molecule has 0 spiro atoms. The van der Waals surface area contributed by atoms with Crippen molar-refractivity contribution in [3.63, 3.8) is 0 Å². The summed E-state index contributed by atoms with van der Waals surface area (Å²) in [6.45, 7) is 5.82. The lowest BCUT2D eigenvalue weighted by atomic mass is 10.2. The first-order chi connectivity index (χ1) is 11.2. The van der Waals surface area contributed by atoms with Gasteiger partial charge in [-0.3, -0.25) is 4.79 Å². The minimum absolute atomic E-state index is 0.0107. The minimum atomic E-state index is -1.25. The van der Waals surface area contributed by atoms with E-state index in [1.54, 1.807) is 20.8 Å².